The van der Waals surface area contributed by atoms with E-state index in [0.29, 0.717) is 19.4 Å². The maximum absolute atomic E-state index is 6.83. The molecule has 94 valence electrons. The molecule has 0 amide bonds. The molecule has 5 heteroatoms. The number of aryl methyl sites for hydroxylation is 1. The number of benzene rings is 1. The van der Waals surface area contributed by atoms with Crippen LogP contribution >= 0.6 is 0 Å². The third-order valence-electron chi connectivity index (χ3n) is 2.24. The van der Waals surface area contributed by atoms with Crippen molar-refractivity contribution in [2.75, 3.05) is 6.61 Å². The van der Waals surface area contributed by atoms with E-state index in [-0.39, 0.29) is 6.04 Å². The fourth-order valence-corrected chi connectivity index (χ4v) is 2.03. The highest BCUT2D eigenvalue weighted by Crippen LogP contribution is 2.15. The van der Waals surface area contributed by atoms with Gasteiger partial charge in [0, 0.05) is 6.04 Å². The smallest absolute Gasteiger partial charge is 0.490 e. The maximum atomic E-state index is 6.83. The molecule has 0 aliphatic heterocycles. The van der Waals surface area contributed by atoms with Crippen molar-refractivity contribution in [2.24, 2.45) is 0 Å². The fourth-order valence-electron chi connectivity index (χ4n) is 1.42. The Labute approximate surface area is 107 Å². The molecule has 17 heavy (non-hydrogen) atoms. The normalized spacial score (nSPS) is 13.5. The lowest BCUT2D eigenvalue weighted by Crippen LogP contribution is -2.34. The predicted molar refractivity (Wildman–Crippen MR) is 67.7 cm³/mol. The standard InChI is InChI=1S/C12H18O4Si/c1-2-9-16-12-7-5-11(6-8-12)4-3-10-17(13,14)15/h2,5-8,13-15H,1,3-4,9-10H2/i13T,14T,15T. The molecular weight excluding hydrogens is 236 g/mol. The molecule has 0 unspecified atom stereocenters. The minimum Gasteiger partial charge on any atom is -0.490 e. The molecule has 0 fully saturated rings. The third-order valence-corrected chi connectivity index (χ3v) is 3.21. The van der Waals surface area contributed by atoms with Crippen LogP contribution in [0.1, 0.15) is 12.0 Å². The van der Waals surface area contributed by atoms with Gasteiger partial charge < -0.3 is 19.1 Å². The largest absolute Gasteiger partial charge is 0.492 e. The van der Waals surface area contributed by atoms with Crippen molar-refractivity contribution in [1.29, 1.82) is 4.29 Å². The molecule has 3 N–H and O–H groups in total. The highest BCUT2D eigenvalue weighted by atomic mass is 28.4. The molecule has 0 bridgehead atoms. The Balaban J connectivity index is 2.43. The Morgan fingerprint density at radius 3 is 2.59 bits per heavy atom. The van der Waals surface area contributed by atoms with Gasteiger partial charge in [-0.2, -0.15) is 0 Å². The van der Waals surface area contributed by atoms with Gasteiger partial charge in [-0.3, -0.25) is 0 Å². The summed E-state index contributed by atoms with van der Waals surface area (Å²) in [6, 6.07) is 7.86. The van der Waals surface area contributed by atoms with Crippen LogP contribution in [0.3, 0.4) is 0 Å². The number of hydrogen-bond donors (Lipinski definition) is 3. The Morgan fingerprint density at radius 1 is 1.29 bits per heavy atom. The Bertz CT molecular complexity index is 390. The minimum atomic E-state index is -3.44. The molecule has 0 heterocycles. The van der Waals surface area contributed by atoms with Crippen LogP contribution in [0.25, 0.3) is 0 Å². The SMILES string of the molecule is [3H]O[Si](CCCc1ccc(OCC=C)cc1)(O[3H])O[3H]. The average Bonchev–Trinajstić information content (AvgIpc) is 2.51. The van der Waals surface area contributed by atoms with Crippen molar-refractivity contribution in [3.05, 3.63) is 42.5 Å². The van der Waals surface area contributed by atoms with E-state index in [4.69, 9.17) is 9.03 Å². The first-order valence-electron chi connectivity index (χ1n) is 6.67. The molecule has 0 radical (unpaired) electrons. The summed E-state index contributed by atoms with van der Waals surface area (Å²) in [5, 5.41) is 0. The molecule has 0 atom stereocenters. The van der Waals surface area contributed by atoms with Crippen LogP contribution in [0.15, 0.2) is 36.9 Å². The van der Waals surface area contributed by atoms with Gasteiger partial charge in [0.05, 0.1) is 0 Å². The first-order chi connectivity index (χ1) is 9.69. The fraction of sp³-hybridized carbons (Fsp3) is 0.333. The van der Waals surface area contributed by atoms with E-state index in [1.54, 1.807) is 6.08 Å². The molecular formula is C12H18O4Si. The van der Waals surface area contributed by atoms with Crippen LogP contribution in [0.2, 0.25) is 6.04 Å². The van der Waals surface area contributed by atoms with Crippen molar-refractivity contribution in [2.45, 2.75) is 18.9 Å². The number of rotatable bonds is 10. The zero-order valence-corrected chi connectivity index (χ0v) is 10.6. The van der Waals surface area contributed by atoms with Gasteiger partial charge in [0.15, 0.2) is 4.29 Å². The van der Waals surface area contributed by atoms with E-state index in [1.807, 2.05) is 24.3 Å². The molecule has 0 spiro atoms. The van der Waals surface area contributed by atoms with E-state index in [0.717, 1.165) is 11.3 Å². The highest BCUT2D eigenvalue weighted by Gasteiger charge is 2.25. The molecule has 1 aromatic carbocycles. The van der Waals surface area contributed by atoms with Gasteiger partial charge >= 0.3 is 8.80 Å². The summed E-state index contributed by atoms with van der Waals surface area (Å²) in [4.78, 5) is 12.8. The zero-order valence-electron chi connectivity index (χ0n) is 12.6. The predicted octanol–water partition coefficient (Wildman–Crippen LogP) is 1.10. The van der Waals surface area contributed by atoms with Crippen LogP contribution in [0.4, 0.5) is 0 Å². The van der Waals surface area contributed by atoms with E-state index in [9.17, 15) is 0 Å². The summed E-state index contributed by atoms with van der Waals surface area (Å²) in [6.45, 7) is 4.05. The summed E-state index contributed by atoms with van der Waals surface area (Å²) in [7, 11) is -3.44. The van der Waals surface area contributed by atoms with Crippen LogP contribution in [0.5, 0.6) is 5.75 Å². The van der Waals surface area contributed by atoms with Gasteiger partial charge in [0.2, 0.25) is 0 Å². The van der Waals surface area contributed by atoms with Gasteiger partial charge in [0.25, 0.3) is 0 Å². The van der Waals surface area contributed by atoms with Gasteiger partial charge in [-0.25, -0.2) is 0 Å². The van der Waals surface area contributed by atoms with Gasteiger partial charge in [-0.05, 0) is 30.5 Å². The average molecular weight is 260 g/mol. The minimum absolute atomic E-state index is 0.248. The first kappa shape index (κ1) is 9.84. The Morgan fingerprint density at radius 2 is 2.00 bits per heavy atom. The maximum Gasteiger partial charge on any atom is 0.492 e. The molecule has 0 saturated heterocycles. The molecule has 0 saturated carbocycles. The van der Waals surface area contributed by atoms with Crippen LogP contribution < -0.4 is 4.74 Å². The summed E-state index contributed by atoms with van der Waals surface area (Å²) in [5.41, 5.74) is 1.08. The van der Waals surface area contributed by atoms with Crippen molar-refractivity contribution < 1.29 is 19.1 Å². The summed E-state index contributed by atoms with van der Waals surface area (Å²) in [5.74, 6) is 0.774. The van der Waals surface area contributed by atoms with Gasteiger partial charge in [0.1, 0.15) is 12.4 Å². The second kappa shape index (κ2) is 6.56. The number of ether oxygens (including phenoxy) is 1. The van der Waals surface area contributed by atoms with Crippen molar-refractivity contribution >= 4 is 8.80 Å². The molecule has 4 nitrogen and oxygen atoms in total. The third kappa shape index (κ3) is 6.23. The second-order valence-electron chi connectivity index (χ2n) is 3.78. The molecule has 0 aliphatic carbocycles. The lowest BCUT2D eigenvalue weighted by molar-refractivity contribution is 0.226. The van der Waals surface area contributed by atoms with Crippen LogP contribution in [0, 0.1) is 0 Å². The van der Waals surface area contributed by atoms with E-state index in [2.05, 4.69) is 21.0 Å². The zero-order chi connectivity index (χ0) is 14.8. The Kier molecular flexibility index (Phi) is 3.80. The van der Waals surface area contributed by atoms with Crippen LogP contribution in [-0.4, -0.2) is 34.1 Å². The van der Waals surface area contributed by atoms with Crippen molar-refractivity contribution in [3.8, 4) is 5.75 Å². The number of hydrogen-bond acceptors (Lipinski definition) is 4. The Hall–Kier alpha value is -1.14. The molecule has 1 aromatic rings. The highest BCUT2D eigenvalue weighted by molar-refractivity contribution is 6.56. The van der Waals surface area contributed by atoms with Gasteiger partial charge in [-0.15, -0.1) is 0 Å². The van der Waals surface area contributed by atoms with Gasteiger partial charge in [-0.1, -0.05) is 24.8 Å². The molecule has 1 rings (SSSR count). The van der Waals surface area contributed by atoms with Crippen molar-refractivity contribution in [3.63, 3.8) is 0 Å². The lowest BCUT2D eigenvalue weighted by Gasteiger charge is -2.09. The van der Waals surface area contributed by atoms with E-state index < -0.39 is 8.80 Å². The first-order valence-corrected chi connectivity index (χ1v) is 7.38. The second-order valence-corrected chi connectivity index (χ2v) is 5.65. The summed E-state index contributed by atoms with van der Waals surface area (Å²) >= 11 is 0. The lowest BCUT2D eigenvalue weighted by atomic mass is 10.1. The molecule has 0 aliphatic rings. The van der Waals surface area contributed by atoms with E-state index in [1.165, 1.54) is 0 Å². The van der Waals surface area contributed by atoms with Crippen LogP contribution in [-0.2, 0) is 6.42 Å². The molecule has 0 aromatic heterocycles. The quantitative estimate of drug-likeness (QED) is 0.435. The topological polar surface area (TPSA) is 69.9 Å². The van der Waals surface area contributed by atoms with E-state index >= 15 is 0 Å². The monoisotopic (exact) mass is 260 g/mol. The summed E-state index contributed by atoms with van der Waals surface area (Å²) in [6.07, 6.45) is 3.00. The summed E-state index contributed by atoms with van der Waals surface area (Å²) < 4.78 is 25.9. The van der Waals surface area contributed by atoms with Crippen molar-refractivity contribution in [1.82, 2.24) is 0 Å².